The van der Waals surface area contributed by atoms with Crippen molar-refractivity contribution in [1.82, 2.24) is 14.3 Å². The lowest BCUT2D eigenvalue weighted by Crippen LogP contribution is -2.27. The average molecular weight is 410 g/mol. The van der Waals surface area contributed by atoms with Gasteiger partial charge in [-0.1, -0.05) is 41.4 Å². The molecule has 0 spiro atoms. The molecule has 1 aliphatic rings. The first-order chi connectivity index (χ1) is 14.0. The van der Waals surface area contributed by atoms with Crippen LogP contribution in [0.5, 0.6) is 0 Å². The lowest BCUT2D eigenvalue weighted by Gasteiger charge is -2.03. The van der Waals surface area contributed by atoms with Crippen molar-refractivity contribution in [2.75, 3.05) is 0 Å². The van der Waals surface area contributed by atoms with Gasteiger partial charge in [-0.25, -0.2) is 9.48 Å². The zero-order valence-electron chi connectivity index (χ0n) is 16.5. The van der Waals surface area contributed by atoms with Crippen LogP contribution in [0.3, 0.4) is 0 Å². The molecule has 0 bridgehead atoms. The van der Waals surface area contributed by atoms with Gasteiger partial charge in [0.15, 0.2) is 11.6 Å². The minimum atomic E-state index is -0.204. The number of aryl methyl sites for hydroxylation is 2. The summed E-state index contributed by atoms with van der Waals surface area (Å²) in [4.78, 5) is 25.3. The van der Waals surface area contributed by atoms with Crippen molar-refractivity contribution in [3.8, 4) is 11.4 Å². The molecule has 3 aromatic rings. The molecule has 5 nitrogen and oxygen atoms in total. The van der Waals surface area contributed by atoms with Crippen LogP contribution in [0.4, 0.5) is 0 Å². The third-order valence-corrected chi connectivity index (χ3v) is 5.47. The number of nitrogens with zero attached hydrogens (tertiary/aromatic N) is 3. The van der Waals surface area contributed by atoms with Crippen LogP contribution in [0.2, 0.25) is 5.02 Å². The minimum Gasteiger partial charge on any atom is -0.298 e. The molecule has 6 heteroatoms. The zero-order valence-corrected chi connectivity index (χ0v) is 17.2. The maximum absolute atomic E-state index is 12.9. The van der Waals surface area contributed by atoms with E-state index in [0.29, 0.717) is 17.3 Å². The molecule has 0 atom stereocenters. The molecule has 29 heavy (non-hydrogen) atoms. The predicted octanol–water partition coefficient (Wildman–Crippen LogP) is 4.60. The molecule has 0 saturated heterocycles. The van der Waals surface area contributed by atoms with E-state index in [1.54, 1.807) is 16.7 Å². The number of hydrogen-bond donors (Lipinski definition) is 0. The number of aromatic nitrogens is 3. The van der Waals surface area contributed by atoms with E-state index in [1.807, 2.05) is 18.2 Å². The number of halogens is 1. The van der Waals surface area contributed by atoms with Crippen molar-refractivity contribution in [3.05, 3.63) is 75.2 Å². The Hall–Kier alpha value is -2.66. The van der Waals surface area contributed by atoms with E-state index in [4.69, 9.17) is 11.6 Å². The van der Waals surface area contributed by atoms with Crippen LogP contribution in [0, 0.1) is 6.92 Å². The summed E-state index contributed by atoms with van der Waals surface area (Å²) >= 11 is 5.98. The highest BCUT2D eigenvalue weighted by atomic mass is 35.5. The first kappa shape index (κ1) is 19.6. The Morgan fingerprint density at radius 3 is 2.62 bits per heavy atom. The maximum atomic E-state index is 12.9. The number of hydrogen-bond acceptors (Lipinski definition) is 3. The highest BCUT2D eigenvalue weighted by Gasteiger charge is 2.30. The summed E-state index contributed by atoms with van der Waals surface area (Å²) in [5.41, 5.74) is 3.09. The Balaban J connectivity index is 1.45. The number of carbonyl (C=O) groups excluding carboxylic acids is 1. The molecule has 0 aliphatic heterocycles. The third-order valence-electron chi connectivity index (χ3n) is 5.21. The molecule has 2 aromatic carbocycles. The van der Waals surface area contributed by atoms with Gasteiger partial charge in [-0.15, -0.1) is 5.10 Å². The van der Waals surface area contributed by atoms with Crippen LogP contribution in [-0.4, -0.2) is 20.1 Å². The van der Waals surface area contributed by atoms with Crippen LogP contribution in [0.15, 0.2) is 53.3 Å². The largest absolute Gasteiger partial charge is 0.346 e. The topological polar surface area (TPSA) is 56.9 Å². The molecular weight excluding hydrogens is 386 g/mol. The van der Waals surface area contributed by atoms with Gasteiger partial charge in [0, 0.05) is 23.0 Å². The molecule has 4 rings (SSSR count). The zero-order chi connectivity index (χ0) is 20.4. The van der Waals surface area contributed by atoms with Gasteiger partial charge in [-0.05, 0) is 62.4 Å². The predicted molar refractivity (Wildman–Crippen MR) is 114 cm³/mol. The van der Waals surface area contributed by atoms with Crippen LogP contribution in [0.25, 0.3) is 11.4 Å². The lowest BCUT2D eigenvalue weighted by molar-refractivity contribution is -0.119. The SMILES string of the molecule is Cc1cccc(CCCC(=O)Cn2nc(-c3ccc(Cl)cc3)n(C3CC3)c2=O)c1. The fourth-order valence-electron chi connectivity index (χ4n) is 3.58. The van der Waals surface area contributed by atoms with Gasteiger partial charge in [0.1, 0.15) is 6.54 Å². The van der Waals surface area contributed by atoms with Gasteiger partial charge in [0.05, 0.1) is 0 Å². The Bertz CT molecular complexity index is 1080. The van der Waals surface area contributed by atoms with E-state index < -0.39 is 0 Å². The molecule has 1 fully saturated rings. The molecule has 1 aliphatic carbocycles. The number of Topliss-reactive ketones (excluding diaryl/α,β-unsaturated/α-hetero) is 1. The summed E-state index contributed by atoms with van der Waals surface area (Å²) in [6.45, 7) is 2.09. The highest BCUT2D eigenvalue weighted by Crippen LogP contribution is 2.36. The minimum absolute atomic E-state index is 0.0208. The number of rotatable bonds is 8. The molecule has 0 radical (unpaired) electrons. The molecule has 1 aromatic heterocycles. The van der Waals surface area contributed by atoms with Crippen LogP contribution >= 0.6 is 11.6 Å². The standard InChI is InChI=1S/C23H24ClN3O2/c1-16-4-2-5-17(14-16)6-3-7-21(28)15-26-23(29)27(20-12-13-20)22(25-26)18-8-10-19(24)11-9-18/h2,4-5,8-11,14,20H,3,6-7,12-13,15H2,1H3. The van der Waals surface area contributed by atoms with Gasteiger partial charge < -0.3 is 0 Å². The summed E-state index contributed by atoms with van der Waals surface area (Å²) in [5, 5.41) is 5.13. The summed E-state index contributed by atoms with van der Waals surface area (Å²) in [6, 6.07) is 15.8. The number of carbonyl (C=O) groups is 1. The summed E-state index contributed by atoms with van der Waals surface area (Å²) in [6.07, 6.45) is 4.00. The Morgan fingerprint density at radius 1 is 1.17 bits per heavy atom. The van der Waals surface area contributed by atoms with E-state index in [-0.39, 0.29) is 24.1 Å². The number of benzene rings is 2. The van der Waals surface area contributed by atoms with Crippen LogP contribution in [0.1, 0.15) is 42.9 Å². The average Bonchev–Trinajstić information content (AvgIpc) is 3.47. The highest BCUT2D eigenvalue weighted by molar-refractivity contribution is 6.30. The summed E-state index contributed by atoms with van der Waals surface area (Å²) < 4.78 is 3.04. The Labute approximate surface area is 174 Å². The maximum Gasteiger partial charge on any atom is 0.346 e. The number of ketones is 1. The van der Waals surface area contributed by atoms with Crippen LogP contribution < -0.4 is 5.69 Å². The van der Waals surface area contributed by atoms with E-state index >= 15 is 0 Å². The Morgan fingerprint density at radius 2 is 1.93 bits per heavy atom. The van der Waals surface area contributed by atoms with Crippen molar-refractivity contribution < 1.29 is 4.79 Å². The smallest absolute Gasteiger partial charge is 0.298 e. The molecule has 0 N–H and O–H groups in total. The summed E-state index contributed by atoms with van der Waals surface area (Å²) in [7, 11) is 0. The quantitative estimate of drug-likeness (QED) is 0.546. The monoisotopic (exact) mass is 409 g/mol. The van der Waals surface area contributed by atoms with Gasteiger partial charge in [-0.3, -0.25) is 9.36 Å². The van der Waals surface area contributed by atoms with Gasteiger partial charge >= 0.3 is 5.69 Å². The molecule has 0 amide bonds. The third kappa shape index (κ3) is 4.67. The van der Waals surface area contributed by atoms with Gasteiger partial charge in [0.25, 0.3) is 0 Å². The van der Waals surface area contributed by atoms with E-state index in [2.05, 4.69) is 30.2 Å². The molecule has 1 heterocycles. The van der Waals surface area contributed by atoms with Crippen LogP contribution in [-0.2, 0) is 17.8 Å². The van der Waals surface area contributed by atoms with Crippen molar-refractivity contribution in [2.45, 2.75) is 51.6 Å². The molecule has 1 saturated carbocycles. The fraction of sp³-hybridized carbons (Fsp3) is 0.348. The van der Waals surface area contributed by atoms with Crippen molar-refractivity contribution in [1.29, 1.82) is 0 Å². The van der Waals surface area contributed by atoms with Gasteiger partial charge in [-0.2, -0.15) is 0 Å². The summed E-state index contributed by atoms with van der Waals surface area (Å²) in [5.74, 6) is 0.643. The van der Waals surface area contributed by atoms with E-state index in [1.165, 1.54) is 15.8 Å². The molecule has 150 valence electrons. The van der Waals surface area contributed by atoms with Crippen molar-refractivity contribution >= 4 is 17.4 Å². The fourth-order valence-corrected chi connectivity index (χ4v) is 3.71. The Kier molecular flexibility index (Phi) is 5.67. The van der Waals surface area contributed by atoms with Crippen molar-refractivity contribution in [2.24, 2.45) is 0 Å². The lowest BCUT2D eigenvalue weighted by atomic mass is 10.0. The first-order valence-electron chi connectivity index (χ1n) is 10.0. The second kappa shape index (κ2) is 8.37. The second-order valence-corrected chi connectivity index (χ2v) is 8.19. The molecular formula is C23H24ClN3O2. The van der Waals surface area contributed by atoms with E-state index in [9.17, 15) is 9.59 Å². The van der Waals surface area contributed by atoms with E-state index in [0.717, 1.165) is 31.2 Å². The second-order valence-electron chi connectivity index (χ2n) is 7.75. The van der Waals surface area contributed by atoms with Gasteiger partial charge in [0.2, 0.25) is 0 Å². The molecule has 0 unspecified atom stereocenters. The normalized spacial score (nSPS) is 13.6. The first-order valence-corrected chi connectivity index (χ1v) is 10.4. The van der Waals surface area contributed by atoms with Crippen molar-refractivity contribution in [3.63, 3.8) is 0 Å².